The Morgan fingerprint density at radius 1 is 1.04 bits per heavy atom. The monoisotopic (exact) mass is 370 g/mol. The number of hydrogen-bond donors (Lipinski definition) is 2. The second-order valence-electron chi connectivity index (χ2n) is 6.39. The van der Waals surface area contributed by atoms with Crippen LogP contribution in [0.25, 0.3) is 0 Å². The first-order valence-electron chi connectivity index (χ1n) is 9.05. The number of likely N-dealkylation sites (N-methyl/N-ethyl adjacent to an activating group) is 1. The molecule has 2 N–H and O–H groups in total. The van der Waals surface area contributed by atoms with Gasteiger partial charge in [0.2, 0.25) is 0 Å². The van der Waals surface area contributed by atoms with Gasteiger partial charge in [-0.05, 0) is 37.9 Å². The summed E-state index contributed by atoms with van der Waals surface area (Å²) in [5.41, 5.74) is 2.22. The van der Waals surface area contributed by atoms with Gasteiger partial charge >= 0.3 is 0 Å². The highest BCUT2D eigenvalue weighted by Crippen LogP contribution is 2.16. The molecule has 0 aliphatic heterocycles. The maximum absolute atomic E-state index is 5.79. The molecule has 0 aromatic heterocycles. The molecule has 146 valence electrons. The van der Waals surface area contributed by atoms with Crippen molar-refractivity contribution in [1.29, 1.82) is 0 Å². The number of aliphatic imine (C=N–C) groups is 1. The molecule has 2 aromatic rings. The minimum Gasteiger partial charge on any atom is -0.496 e. The van der Waals surface area contributed by atoms with Crippen LogP contribution in [0, 0.1) is 0 Å². The molecular formula is C21H30N4O2. The Morgan fingerprint density at radius 2 is 1.81 bits per heavy atom. The molecule has 0 radical (unpaired) electrons. The molecule has 0 heterocycles. The first-order valence-corrected chi connectivity index (χ1v) is 9.05. The van der Waals surface area contributed by atoms with E-state index in [0.29, 0.717) is 19.7 Å². The lowest BCUT2D eigenvalue weighted by atomic mass is 10.2. The summed E-state index contributed by atoms with van der Waals surface area (Å²) in [6.07, 6.45) is 0. The van der Waals surface area contributed by atoms with Crippen molar-refractivity contribution in [3.8, 4) is 11.5 Å². The van der Waals surface area contributed by atoms with Crippen LogP contribution in [-0.4, -0.2) is 52.3 Å². The topological polar surface area (TPSA) is 58.1 Å². The Bertz CT molecular complexity index is 732. The molecule has 2 aromatic carbocycles. The standard InChI is InChI=1S/C21H30N4O2/c1-22-21(24-16-18-9-5-6-11-20(18)26-4)23-15-17-8-7-10-19(14-17)27-13-12-25(2)3/h5-11,14H,12-13,15-16H2,1-4H3,(H2,22,23,24). The van der Waals surface area contributed by atoms with Crippen LogP contribution in [0.4, 0.5) is 0 Å². The predicted molar refractivity (Wildman–Crippen MR) is 111 cm³/mol. The van der Waals surface area contributed by atoms with E-state index in [2.05, 4.69) is 32.7 Å². The normalized spacial score (nSPS) is 11.4. The highest BCUT2D eigenvalue weighted by atomic mass is 16.5. The van der Waals surface area contributed by atoms with Crippen molar-refractivity contribution in [2.75, 3.05) is 41.4 Å². The van der Waals surface area contributed by atoms with Gasteiger partial charge in [0.25, 0.3) is 0 Å². The van der Waals surface area contributed by atoms with Crippen LogP contribution in [0.3, 0.4) is 0 Å². The molecule has 0 aliphatic rings. The van der Waals surface area contributed by atoms with Gasteiger partial charge in [0.15, 0.2) is 5.96 Å². The third-order valence-corrected chi connectivity index (χ3v) is 4.03. The lowest BCUT2D eigenvalue weighted by Crippen LogP contribution is -2.36. The van der Waals surface area contributed by atoms with Crippen molar-refractivity contribution >= 4 is 5.96 Å². The second-order valence-corrected chi connectivity index (χ2v) is 6.39. The summed E-state index contributed by atoms with van der Waals surface area (Å²) < 4.78 is 11.2. The molecule has 0 fully saturated rings. The number of benzene rings is 2. The Hall–Kier alpha value is -2.73. The Kier molecular flexibility index (Phi) is 8.45. The third kappa shape index (κ3) is 7.19. The van der Waals surface area contributed by atoms with Crippen molar-refractivity contribution in [1.82, 2.24) is 15.5 Å². The average molecular weight is 370 g/mol. The van der Waals surface area contributed by atoms with E-state index >= 15 is 0 Å². The summed E-state index contributed by atoms with van der Waals surface area (Å²) >= 11 is 0. The van der Waals surface area contributed by atoms with Crippen LogP contribution in [-0.2, 0) is 13.1 Å². The predicted octanol–water partition coefficient (Wildman–Crippen LogP) is 2.50. The van der Waals surface area contributed by atoms with Gasteiger partial charge in [0.1, 0.15) is 18.1 Å². The van der Waals surface area contributed by atoms with Crippen molar-refractivity contribution in [3.63, 3.8) is 0 Å². The fraction of sp³-hybridized carbons (Fsp3) is 0.381. The van der Waals surface area contributed by atoms with E-state index in [1.54, 1.807) is 14.2 Å². The molecule has 0 spiro atoms. The minimum absolute atomic E-state index is 0.636. The van der Waals surface area contributed by atoms with Gasteiger partial charge in [-0.15, -0.1) is 0 Å². The molecule has 0 saturated heterocycles. The number of rotatable bonds is 9. The Labute approximate surface area is 162 Å². The fourth-order valence-corrected chi connectivity index (χ4v) is 2.53. The second kappa shape index (κ2) is 11.1. The van der Waals surface area contributed by atoms with E-state index in [0.717, 1.165) is 35.1 Å². The van der Waals surface area contributed by atoms with Crippen molar-refractivity contribution in [2.45, 2.75) is 13.1 Å². The Morgan fingerprint density at radius 3 is 2.56 bits per heavy atom. The lowest BCUT2D eigenvalue weighted by molar-refractivity contribution is 0.261. The third-order valence-electron chi connectivity index (χ3n) is 4.03. The zero-order chi connectivity index (χ0) is 19.5. The smallest absolute Gasteiger partial charge is 0.191 e. The molecule has 27 heavy (non-hydrogen) atoms. The van der Waals surface area contributed by atoms with Gasteiger partial charge in [-0.25, -0.2) is 0 Å². The summed E-state index contributed by atoms with van der Waals surface area (Å²) in [4.78, 5) is 6.38. The van der Waals surface area contributed by atoms with E-state index < -0.39 is 0 Å². The van der Waals surface area contributed by atoms with E-state index in [1.807, 2.05) is 50.5 Å². The lowest BCUT2D eigenvalue weighted by Gasteiger charge is -2.14. The van der Waals surface area contributed by atoms with Gasteiger partial charge in [0, 0.05) is 32.2 Å². The number of hydrogen-bond acceptors (Lipinski definition) is 4. The molecule has 6 heteroatoms. The first kappa shape index (κ1) is 20.6. The number of methoxy groups -OCH3 is 1. The number of guanidine groups is 1. The highest BCUT2D eigenvalue weighted by Gasteiger charge is 2.04. The van der Waals surface area contributed by atoms with Crippen LogP contribution in [0.15, 0.2) is 53.5 Å². The number of nitrogens with one attached hydrogen (secondary N) is 2. The molecule has 2 rings (SSSR count). The quantitative estimate of drug-likeness (QED) is 0.525. The summed E-state index contributed by atoms with van der Waals surface area (Å²) in [6.45, 7) is 2.86. The van der Waals surface area contributed by atoms with E-state index in [4.69, 9.17) is 9.47 Å². The molecule has 0 unspecified atom stereocenters. The first-order chi connectivity index (χ1) is 13.1. The average Bonchev–Trinajstić information content (AvgIpc) is 2.68. The van der Waals surface area contributed by atoms with Gasteiger partial charge < -0.3 is 25.0 Å². The van der Waals surface area contributed by atoms with Crippen molar-refractivity contribution in [3.05, 3.63) is 59.7 Å². The summed E-state index contributed by atoms with van der Waals surface area (Å²) in [7, 11) is 7.51. The maximum Gasteiger partial charge on any atom is 0.191 e. The SMILES string of the molecule is CN=C(NCc1cccc(OCCN(C)C)c1)NCc1ccccc1OC. The van der Waals surface area contributed by atoms with Gasteiger partial charge in [0.05, 0.1) is 7.11 Å². The molecule has 0 amide bonds. The van der Waals surface area contributed by atoms with Gasteiger partial charge in [-0.1, -0.05) is 30.3 Å². The van der Waals surface area contributed by atoms with Crippen LogP contribution in [0.1, 0.15) is 11.1 Å². The van der Waals surface area contributed by atoms with Crippen molar-refractivity contribution in [2.24, 2.45) is 4.99 Å². The molecule has 0 aliphatic carbocycles. The van der Waals surface area contributed by atoms with E-state index in [-0.39, 0.29) is 0 Å². The summed E-state index contributed by atoms with van der Waals surface area (Å²) in [5, 5.41) is 6.64. The summed E-state index contributed by atoms with van der Waals surface area (Å²) in [5.74, 6) is 2.48. The van der Waals surface area contributed by atoms with E-state index in [9.17, 15) is 0 Å². The van der Waals surface area contributed by atoms with Gasteiger partial charge in [-0.2, -0.15) is 0 Å². The zero-order valence-electron chi connectivity index (χ0n) is 16.7. The molecule has 0 atom stereocenters. The van der Waals surface area contributed by atoms with Crippen LogP contribution in [0.2, 0.25) is 0 Å². The molecule has 0 bridgehead atoms. The maximum atomic E-state index is 5.79. The Balaban J connectivity index is 1.85. The largest absolute Gasteiger partial charge is 0.496 e. The number of ether oxygens (including phenoxy) is 2. The van der Waals surface area contributed by atoms with Gasteiger partial charge in [-0.3, -0.25) is 4.99 Å². The zero-order valence-corrected chi connectivity index (χ0v) is 16.7. The highest BCUT2D eigenvalue weighted by molar-refractivity contribution is 5.79. The van der Waals surface area contributed by atoms with Crippen LogP contribution >= 0.6 is 0 Å². The number of nitrogens with zero attached hydrogens (tertiary/aromatic N) is 2. The molecular weight excluding hydrogens is 340 g/mol. The van der Waals surface area contributed by atoms with Crippen LogP contribution < -0.4 is 20.1 Å². The molecule has 6 nitrogen and oxygen atoms in total. The summed E-state index contributed by atoms with van der Waals surface area (Å²) in [6, 6.07) is 16.1. The minimum atomic E-state index is 0.636. The fourth-order valence-electron chi connectivity index (χ4n) is 2.53. The van der Waals surface area contributed by atoms with Crippen LogP contribution in [0.5, 0.6) is 11.5 Å². The van der Waals surface area contributed by atoms with Crippen molar-refractivity contribution < 1.29 is 9.47 Å². The van der Waals surface area contributed by atoms with E-state index in [1.165, 1.54) is 0 Å². The molecule has 0 saturated carbocycles. The number of para-hydroxylation sites is 1.